The highest BCUT2D eigenvalue weighted by Gasteiger charge is 2.33. The lowest BCUT2D eigenvalue weighted by Gasteiger charge is -2.34. The van der Waals surface area contributed by atoms with Gasteiger partial charge in [0, 0.05) is 38.8 Å². The first-order valence-corrected chi connectivity index (χ1v) is 8.18. The molecule has 1 aliphatic carbocycles. The van der Waals surface area contributed by atoms with Crippen molar-refractivity contribution in [3.05, 3.63) is 0 Å². The van der Waals surface area contributed by atoms with E-state index in [1.807, 2.05) is 0 Å². The SMILES string of the molecule is O=C1C(NC2CC2)CCCN1CCCN1CCOCC1. The second-order valence-corrected chi connectivity index (χ2v) is 6.27. The van der Waals surface area contributed by atoms with Gasteiger partial charge in [-0.2, -0.15) is 0 Å². The fourth-order valence-corrected chi connectivity index (χ4v) is 3.16. The van der Waals surface area contributed by atoms with Crippen molar-refractivity contribution in [3.63, 3.8) is 0 Å². The normalized spacial score (nSPS) is 28.9. The van der Waals surface area contributed by atoms with E-state index in [-0.39, 0.29) is 6.04 Å². The molecule has 2 aliphatic heterocycles. The fourth-order valence-electron chi connectivity index (χ4n) is 3.16. The van der Waals surface area contributed by atoms with Gasteiger partial charge < -0.3 is 15.0 Å². The van der Waals surface area contributed by atoms with E-state index >= 15 is 0 Å². The van der Waals surface area contributed by atoms with Crippen LogP contribution in [0.1, 0.15) is 32.1 Å². The van der Waals surface area contributed by atoms with Crippen molar-refractivity contribution < 1.29 is 9.53 Å². The highest BCUT2D eigenvalue weighted by atomic mass is 16.5. The van der Waals surface area contributed by atoms with Crippen molar-refractivity contribution in [2.75, 3.05) is 45.9 Å². The minimum atomic E-state index is 0.0969. The van der Waals surface area contributed by atoms with Crippen molar-refractivity contribution in [1.29, 1.82) is 0 Å². The maximum Gasteiger partial charge on any atom is 0.239 e. The van der Waals surface area contributed by atoms with Crippen LogP contribution in [0.2, 0.25) is 0 Å². The highest BCUT2D eigenvalue weighted by molar-refractivity contribution is 5.82. The van der Waals surface area contributed by atoms with Gasteiger partial charge in [-0.15, -0.1) is 0 Å². The lowest BCUT2D eigenvalue weighted by atomic mass is 10.0. The Kier molecular flexibility index (Phi) is 4.91. The number of hydrogen-bond donors (Lipinski definition) is 1. The number of morpholine rings is 1. The number of amides is 1. The maximum atomic E-state index is 12.4. The average Bonchev–Trinajstić information content (AvgIpc) is 3.28. The Labute approximate surface area is 121 Å². The van der Waals surface area contributed by atoms with Gasteiger partial charge in [0.15, 0.2) is 0 Å². The number of likely N-dealkylation sites (tertiary alicyclic amines) is 1. The Balaban J connectivity index is 1.38. The summed E-state index contributed by atoms with van der Waals surface area (Å²) in [5.41, 5.74) is 0. The summed E-state index contributed by atoms with van der Waals surface area (Å²) in [5.74, 6) is 0.338. The Morgan fingerprint density at radius 1 is 1.10 bits per heavy atom. The average molecular weight is 281 g/mol. The zero-order valence-corrected chi connectivity index (χ0v) is 12.4. The molecule has 1 unspecified atom stereocenters. The molecular formula is C15H27N3O2. The molecule has 3 rings (SSSR count). The monoisotopic (exact) mass is 281 g/mol. The number of piperidine rings is 1. The van der Waals surface area contributed by atoms with Crippen LogP contribution < -0.4 is 5.32 Å². The summed E-state index contributed by atoms with van der Waals surface area (Å²) in [4.78, 5) is 16.9. The van der Waals surface area contributed by atoms with E-state index in [0.717, 1.165) is 65.2 Å². The molecule has 0 aromatic rings. The van der Waals surface area contributed by atoms with Crippen molar-refractivity contribution in [3.8, 4) is 0 Å². The minimum absolute atomic E-state index is 0.0969. The third-order valence-electron chi connectivity index (χ3n) is 4.55. The number of nitrogens with one attached hydrogen (secondary N) is 1. The molecule has 1 amide bonds. The fraction of sp³-hybridized carbons (Fsp3) is 0.933. The van der Waals surface area contributed by atoms with Crippen LogP contribution in [0.15, 0.2) is 0 Å². The summed E-state index contributed by atoms with van der Waals surface area (Å²) >= 11 is 0. The van der Waals surface area contributed by atoms with E-state index in [2.05, 4.69) is 15.1 Å². The molecule has 1 N–H and O–H groups in total. The first-order chi connectivity index (χ1) is 9.83. The van der Waals surface area contributed by atoms with Gasteiger partial charge in [0.05, 0.1) is 19.3 Å². The molecule has 0 aromatic heterocycles. The van der Waals surface area contributed by atoms with Crippen LogP contribution >= 0.6 is 0 Å². The van der Waals surface area contributed by atoms with Gasteiger partial charge >= 0.3 is 0 Å². The quantitative estimate of drug-likeness (QED) is 0.768. The first kappa shape index (κ1) is 14.3. The van der Waals surface area contributed by atoms with Crippen LogP contribution in [0.4, 0.5) is 0 Å². The topological polar surface area (TPSA) is 44.8 Å². The van der Waals surface area contributed by atoms with E-state index in [1.54, 1.807) is 0 Å². The van der Waals surface area contributed by atoms with Crippen molar-refractivity contribution >= 4 is 5.91 Å². The van der Waals surface area contributed by atoms with Gasteiger partial charge in [0.1, 0.15) is 0 Å². The molecule has 20 heavy (non-hydrogen) atoms. The van der Waals surface area contributed by atoms with Crippen LogP contribution in [0.25, 0.3) is 0 Å². The first-order valence-electron chi connectivity index (χ1n) is 8.18. The number of ether oxygens (including phenoxy) is 1. The third kappa shape index (κ3) is 3.93. The van der Waals surface area contributed by atoms with Gasteiger partial charge in [0.25, 0.3) is 0 Å². The zero-order chi connectivity index (χ0) is 13.8. The van der Waals surface area contributed by atoms with Crippen molar-refractivity contribution in [2.45, 2.75) is 44.2 Å². The molecule has 1 saturated carbocycles. The van der Waals surface area contributed by atoms with Gasteiger partial charge in [-0.3, -0.25) is 9.69 Å². The Hall–Kier alpha value is -0.650. The summed E-state index contributed by atoms with van der Waals surface area (Å²) in [6.07, 6.45) is 5.76. The van der Waals surface area contributed by atoms with E-state index < -0.39 is 0 Å². The van der Waals surface area contributed by atoms with E-state index in [0.29, 0.717) is 11.9 Å². The molecule has 5 heteroatoms. The summed E-state index contributed by atoms with van der Waals surface area (Å²) < 4.78 is 5.36. The molecule has 3 aliphatic rings. The van der Waals surface area contributed by atoms with E-state index in [1.165, 1.54) is 12.8 Å². The zero-order valence-electron chi connectivity index (χ0n) is 12.4. The second-order valence-electron chi connectivity index (χ2n) is 6.27. The summed E-state index contributed by atoms with van der Waals surface area (Å²) in [6, 6.07) is 0.719. The number of rotatable bonds is 6. The number of hydrogen-bond acceptors (Lipinski definition) is 4. The van der Waals surface area contributed by atoms with Gasteiger partial charge in [-0.05, 0) is 32.1 Å². The molecule has 3 fully saturated rings. The molecule has 0 radical (unpaired) electrons. The molecule has 2 saturated heterocycles. The number of carbonyl (C=O) groups is 1. The molecule has 114 valence electrons. The standard InChI is InChI=1S/C15H27N3O2/c19-15-14(16-13-4-5-13)3-1-7-18(15)8-2-6-17-9-11-20-12-10-17/h13-14,16H,1-12H2. The lowest BCUT2D eigenvalue weighted by Crippen LogP contribution is -2.51. The largest absolute Gasteiger partial charge is 0.379 e. The highest BCUT2D eigenvalue weighted by Crippen LogP contribution is 2.22. The molecule has 0 aromatic carbocycles. The van der Waals surface area contributed by atoms with Crippen LogP contribution in [-0.2, 0) is 9.53 Å². The molecule has 5 nitrogen and oxygen atoms in total. The maximum absolute atomic E-state index is 12.4. The molecule has 0 spiro atoms. The van der Waals surface area contributed by atoms with E-state index in [9.17, 15) is 4.79 Å². The predicted molar refractivity (Wildman–Crippen MR) is 77.6 cm³/mol. The number of nitrogens with zero attached hydrogens (tertiary/aromatic N) is 2. The van der Waals surface area contributed by atoms with E-state index in [4.69, 9.17) is 4.74 Å². The van der Waals surface area contributed by atoms with Crippen LogP contribution in [0.3, 0.4) is 0 Å². The predicted octanol–water partition coefficient (Wildman–Crippen LogP) is 0.452. The molecule has 0 bridgehead atoms. The third-order valence-corrected chi connectivity index (χ3v) is 4.55. The van der Waals surface area contributed by atoms with Gasteiger partial charge in [0.2, 0.25) is 5.91 Å². The molecule has 2 heterocycles. The van der Waals surface area contributed by atoms with Crippen LogP contribution in [0.5, 0.6) is 0 Å². The second kappa shape index (κ2) is 6.87. The Morgan fingerprint density at radius 2 is 1.90 bits per heavy atom. The molecular weight excluding hydrogens is 254 g/mol. The number of carbonyl (C=O) groups excluding carboxylic acids is 1. The summed E-state index contributed by atoms with van der Waals surface area (Å²) in [6.45, 7) is 6.75. The molecule has 1 atom stereocenters. The van der Waals surface area contributed by atoms with Crippen LogP contribution in [0, 0.1) is 0 Å². The van der Waals surface area contributed by atoms with Crippen molar-refractivity contribution in [2.24, 2.45) is 0 Å². The van der Waals surface area contributed by atoms with Crippen LogP contribution in [-0.4, -0.2) is 73.7 Å². The Bertz CT molecular complexity index is 327. The minimum Gasteiger partial charge on any atom is -0.379 e. The Morgan fingerprint density at radius 3 is 2.65 bits per heavy atom. The smallest absolute Gasteiger partial charge is 0.239 e. The van der Waals surface area contributed by atoms with Gasteiger partial charge in [-0.25, -0.2) is 0 Å². The summed E-state index contributed by atoms with van der Waals surface area (Å²) in [7, 11) is 0. The summed E-state index contributed by atoms with van der Waals surface area (Å²) in [5, 5.41) is 3.49. The lowest BCUT2D eigenvalue weighted by molar-refractivity contribution is -0.136. The van der Waals surface area contributed by atoms with Crippen molar-refractivity contribution in [1.82, 2.24) is 15.1 Å². The van der Waals surface area contributed by atoms with Gasteiger partial charge in [-0.1, -0.05) is 0 Å².